The Kier molecular flexibility index (Phi) is 7.27. The second-order valence-electron chi connectivity index (χ2n) is 8.74. The molecular formula is C27H22F3NO6S2. The van der Waals surface area contributed by atoms with Gasteiger partial charge in [0.2, 0.25) is 0 Å². The third-order valence-corrected chi connectivity index (χ3v) is 8.40. The summed E-state index contributed by atoms with van der Waals surface area (Å²) < 4.78 is 76.3. The number of aryl methyl sites for hydroxylation is 1. The van der Waals surface area contributed by atoms with Gasteiger partial charge in [0.25, 0.3) is 0 Å². The second kappa shape index (κ2) is 10.5. The quantitative estimate of drug-likeness (QED) is 0.186. The van der Waals surface area contributed by atoms with E-state index in [4.69, 9.17) is 9.15 Å². The Labute approximate surface area is 225 Å². The normalized spacial score (nSPS) is 14.4. The number of thiophene rings is 1. The maximum absolute atomic E-state index is 12.4. The molecule has 0 radical (unpaired) electrons. The standard InChI is InChI=1S/C14H9F3O3S2.C13H13NO3/c1-8-3-2-4-10-11-7-9(5-6-12(11)21-13(8)10)20-22(18,19)14(15,16)17;15-11-9-13(14-5-7-16-8-6-14)17-12-4-2-1-3-10(11)12/h2-7H,1H3;1-4,9H,5-8H2. The van der Waals surface area contributed by atoms with Gasteiger partial charge < -0.3 is 18.2 Å². The van der Waals surface area contributed by atoms with E-state index < -0.39 is 15.6 Å². The molecule has 1 fully saturated rings. The molecule has 6 rings (SSSR count). The van der Waals surface area contributed by atoms with E-state index in [0.717, 1.165) is 33.4 Å². The van der Waals surface area contributed by atoms with Crippen LogP contribution in [-0.4, -0.2) is 40.2 Å². The first-order valence-electron chi connectivity index (χ1n) is 11.8. The van der Waals surface area contributed by atoms with Crippen LogP contribution in [0, 0.1) is 6.92 Å². The van der Waals surface area contributed by atoms with Gasteiger partial charge in [-0.3, -0.25) is 4.79 Å². The average Bonchev–Trinajstić information content (AvgIpc) is 3.28. The van der Waals surface area contributed by atoms with Crippen molar-refractivity contribution < 1.29 is 34.9 Å². The van der Waals surface area contributed by atoms with E-state index in [1.165, 1.54) is 23.5 Å². The molecule has 0 bridgehead atoms. The van der Waals surface area contributed by atoms with Gasteiger partial charge in [-0.2, -0.15) is 21.6 Å². The van der Waals surface area contributed by atoms with Crippen LogP contribution < -0.4 is 14.5 Å². The van der Waals surface area contributed by atoms with Crippen molar-refractivity contribution >= 4 is 58.5 Å². The van der Waals surface area contributed by atoms with Gasteiger partial charge in [-0.15, -0.1) is 11.3 Å². The zero-order valence-corrected chi connectivity index (χ0v) is 22.2. The number of fused-ring (bicyclic) bond motifs is 4. The Bertz CT molecular complexity index is 1820. The number of ether oxygens (including phenoxy) is 1. The summed E-state index contributed by atoms with van der Waals surface area (Å²) in [5.41, 5.74) is -3.76. The fraction of sp³-hybridized carbons (Fsp3) is 0.222. The lowest BCUT2D eigenvalue weighted by Gasteiger charge is -2.27. The van der Waals surface area contributed by atoms with E-state index >= 15 is 0 Å². The molecule has 3 aromatic carbocycles. The Morgan fingerprint density at radius 1 is 0.923 bits per heavy atom. The third kappa shape index (κ3) is 5.58. The molecule has 7 nitrogen and oxygen atoms in total. The lowest BCUT2D eigenvalue weighted by Crippen LogP contribution is -2.36. The summed E-state index contributed by atoms with van der Waals surface area (Å²) >= 11 is 1.49. The number of hydrogen-bond donors (Lipinski definition) is 0. The average molecular weight is 578 g/mol. The summed E-state index contributed by atoms with van der Waals surface area (Å²) in [7, 11) is -5.66. The summed E-state index contributed by atoms with van der Waals surface area (Å²) in [4.78, 5) is 14.0. The van der Waals surface area contributed by atoms with Crippen LogP contribution in [0.15, 0.2) is 75.9 Å². The maximum atomic E-state index is 12.4. The molecule has 5 aromatic rings. The molecule has 0 amide bonds. The molecule has 1 saturated heterocycles. The van der Waals surface area contributed by atoms with Crippen LogP contribution in [0.4, 0.5) is 19.1 Å². The highest BCUT2D eigenvalue weighted by molar-refractivity contribution is 7.88. The number of alkyl halides is 3. The van der Waals surface area contributed by atoms with Gasteiger partial charge in [-0.05, 0) is 42.8 Å². The zero-order chi connectivity index (χ0) is 27.8. The molecule has 39 heavy (non-hydrogen) atoms. The largest absolute Gasteiger partial charge is 0.534 e. The molecule has 2 aromatic heterocycles. The van der Waals surface area contributed by atoms with Crippen molar-refractivity contribution in [3.8, 4) is 5.75 Å². The van der Waals surface area contributed by atoms with Gasteiger partial charge in [-0.25, -0.2) is 0 Å². The Hall–Kier alpha value is -3.61. The van der Waals surface area contributed by atoms with Crippen molar-refractivity contribution in [3.63, 3.8) is 0 Å². The highest BCUT2D eigenvalue weighted by Gasteiger charge is 2.48. The molecule has 1 aliphatic rings. The zero-order valence-electron chi connectivity index (χ0n) is 20.5. The van der Waals surface area contributed by atoms with Crippen LogP contribution in [0.3, 0.4) is 0 Å². The van der Waals surface area contributed by atoms with Crippen LogP contribution in [0.25, 0.3) is 31.1 Å². The second-order valence-corrected chi connectivity index (χ2v) is 11.3. The molecule has 12 heteroatoms. The van der Waals surface area contributed by atoms with Crippen molar-refractivity contribution in [2.24, 2.45) is 0 Å². The van der Waals surface area contributed by atoms with Crippen LogP contribution >= 0.6 is 11.3 Å². The van der Waals surface area contributed by atoms with E-state index in [2.05, 4.69) is 4.18 Å². The Balaban J connectivity index is 0.000000163. The summed E-state index contributed by atoms with van der Waals surface area (Å²) in [6, 6.07) is 18.6. The number of rotatable bonds is 3. The number of anilines is 1. The predicted molar refractivity (Wildman–Crippen MR) is 145 cm³/mol. The third-order valence-electron chi connectivity index (χ3n) is 6.10. The summed E-state index contributed by atoms with van der Waals surface area (Å²) in [6.07, 6.45) is 0. The van der Waals surface area contributed by atoms with Gasteiger partial charge in [0, 0.05) is 39.3 Å². The minimum absolute atomic E-state index is 0.00772. The van der Waals surface area contributed by atoms with Crippen molar-refractivity contribution in [2.75, 3.05) is 31.2 Å². The fourth-order valence-corrected chi connectivity index (χ4v) is 5.78. The number of para-hydroxylation sites is 1. The van der Waals surface area contributed by atoms with Gasteiger partial charge in [-0.1, -0.05) is 30.3 Å². The Morgan fingerprint density at radius 2 is 1.64 bits per heavy atom. The highest BCUT2D eigenvalue weighted by atomic mass is 32.2. The van der Waals surface area contributed by atoms with Gasteiger partial charge in [0.15, 0.2) is 11.3 Å². The first kappa shape index (κ1) is 27.0. The van der Waals surface area contributed by atoms with Crippen LogP contribution in [-0.2, 0) is 14.9 Å². The first-order chi connectivity index (χ1) is 18.5. The minimum Gasteiger partial charge on any atom is -0.440 e. The Morgan fingerprint density at radius 3 is 2.38 bits per heavy atom. The molecule has 3 heterocycles. The number of morpholine rings is 1. The number of hydrogen-bond acceptors (Lipinski definition) is 8. The van der Waals surface area contributed by atoms with E-state index in [1.807, 2.05) is 48.2 Å². The van der Waals surface area contributed by atoms with E-state index in [1.54, 1.807) is 18.2 Å². The molecular weight excluding hydrogens is 555 g/mol. The molecule has 0 saturated carbocycles. The van der Waals surface area contributed by atoms with Crippen molar-refractivity contribution in [2.45, 2.75) is 12.4 Å². The molecule has 0 atom stereocenters. The smallest absolute Gasteiger partial charge is 0.440 e. The van der Waals surface area contributed by atoms with Gasteiger partial charge in [0.05, 0.1) is 18.6 Å². The lowest BCUT2D eigenvalue weighted by atomic mass is 10.1. The highest BCUT2D eigenvalue weighted by Crippen LogP contribution is 2.38. The molecule has 0 N–H and O–H groups in total. The maximum Gasteiger partial charge on any atom is 0.534 e. The first-order valence-corrected chi connectivity index (χ1v) is 14.0. The monoisotopic (exact) mass is 577 g/mol. The molecule has 0 aliphatic carbocycles. The van der Waals surface area contributed by atoms with Crippen molar-refractivity contribution in [1.29, 1.82) is 0 Å². The fourth-order valence-electron chi connectivity index (χ4n) is 4.18. The lowest BCUT2D eigenvalue weighted by molar-refractivity contribution is -0.0500. The summed E-state index contributed by atoms with van der Waals surface area (Å²) in [5.74, 6) is 0.281. The van der Waals surface area contributed by atoms with Crippen LogP contribution in [0.2, 0.25) is 0 Å². The topological polar surface area (TPSA) is 86.1 Å². The summed E-state index contributed by atoms with van der Waals surface area (Å²) in [6.45, 7) is 4.82. The molecule has 204 valence electrons. The van der Waals surface area contributed by atoms with Gasteiger partial charge in [0.1, 0.15) is 11.3 Å². The number of halogens is 3. The minimum atomic E-state index is -5.66. The number of nitrogens with zero attached hydrogens (tertiary/aromatic N) is 1. The van der Waals surface area contributed by atoms with Crippen molar-refractivity contribution in [1.82, 2.24) is 0 Å². The predicted octanol–water partition coefficient (Wildman–Crippen LogP) is 6.22. The van der Waals surface area contributed by atoms with Crippen molar-refractivity contribution in [3.05, 3.63) is 82.5 Å². The molecule has 0 spiro atoms. The SMILES string of the molecule is Cc1cccc2c1sc1ccc(OS(=O)(=O)C(F)(F)F)cc12.O=c1cc(N2CCOCC2)oc2ccccc12. The van der Waals surface area contributed by atoms with E-state index in [-0.39, 0.29) is 11.2 Å². The van der Waals surface area contributed by atoms with E-state index in [0.29, 0.717) is 35.5 Å². The van der Waals surface area contributed by atoms with Gasteiger partial charge >= 0.3 is 15.6 Å². The van der Waals surface area contributed by atoms with E-state index in [9.17, 15) is 26.4 Å². The number of benzene rings is 3. The molecule has 0 unspecified atom stereocenters. The molecule has 1 aliphatic heterocycles. The summed E-state index contributed by atoms with van der Waals surface area (Å²) in [5, 5.41) is 2.15. The van der Waals surface area contributed by atoms with Crippen LogP contribution in [0.1, 0.15) is 5.56 Å². The van der Waals surface area contributed by atoms with Crippen LogP contribution in [0.5, 0.6) is 5.75 Å².